The van der Waals surface area contributed by atoms with Gasteiger partial charge in [-0.3, -0.25) is 4.79 Å². The zero-order chi connectivity index (χ0) is 25.7. The van der Waals surface area contributed by atoms with Gasteiger partial charge in [-0.2, -0.15) is 0 Å². The maximum Gasteiger partial charge on any atom is 0.573 e. The van der Waals surface area contributed by atoms with Crippen LogP contribution in [-0.4, -0.2) is 40.3 Å². The SMILES string of the molecule is COc1ccc(-c2nc(C)c(-c3ccc(SCC(=O)Nc4ccc(OC(F)(F)F)cc4)nn3)s2)cc1. The molecule has 0 atom stereocenters. The van der Waals surface area contributed by atoms with Crippen molar-refractivity contribution in [2.45, 2.75) is 18.3 Å². The van der Waals surface area contributed by atoms with Crippen molar-refractivity contribution >= 4 is 34.7 Å². The van der Waals surface area contributed by atoms with Gasteiger partial charge in [0.05, 0.1) is 23.4 Å². The Bertz CT molecular complexity index is 1330. The molecule has 0 radical (unpaired) electrons. The van der Waals surface area contributed by atoms with E-state index in [1.54, 1.807) is 13.2 Å². The van der Waals surface area contributed by atoms with Crippen molar-refractivity contribution in [1.29, 1.82) is 0 Å². The number of benzene rings is 2. The lowest BCUT2D eigenvalue weighted by Gasteiger charge is -2.09. The number of carbonyl (C=O) groups is 1. The molecular weight excluding hydrogens is 513 g/mol. The van der Waals surface area contributed by atoms with Crippen molar-refractivity contribution in [3.8, 4) is 32.6 Å². The predicted octanol–water partition coefficient (Wildman–Crippen LogP) is 6.21. The van der Waals surface area contributed by atoms with Crippen LogP contribution in [0.1, 0.15) is 5.69 Å². The highest BCUT2D eigenvalue weighted by molar-refractivity contribution is 7.99. The largest absolute Gasteiger partial charge is 0.573 e. The van der Waals surface area contributed by atoms with Crippen molar-refractivity contribution in [2.24, 2.45) is 0 Å². The molecule has 186 valence electrons. The molecule has 0 fully saturated rings. The zero-order valence-corrected chi connectivity index (χ0v) is 20.6. The number of hydrogen-bond donors (Lipinski definition) is 1. The number of ether oxygens (including phenoxy) is 2. The van der Waals surface area contributed by atoms with Crippen LogP contribution in [0.25, 0.3) is 21.1 Å². The molecule has 12 heteroatoms. The number of methoxy groups -OCH3 is 1. The number of nitrogens with one attached hydrogen (secondary N) is 1. The molecular formula is C24H19F3N4O3S2. The first-order valence-corrected chi connectivity index (χ1v) is 12.2. The lowest BCUT2D eigenvalue weighted by molar-refractivity contribution is -0.274. The molecule has 36 heavy (non-hydrogen) atoms. The lowest BCUT2D eigenvalue weighted by Crippen LogP contribution is -2.17. The van der Waals surface area contributed by atoms with Gasteiger partial charge in [0.2, 0.25) is 5.91 Å². The van der Waals surface area contributed by atoms with E-state index < -0.39 is 6.36 Å². The first kappa shape index (κ1) is 25.5. The number of anilines is 1. The number of aromatic nitrogens is 3. The number of carbonyl (C=O) groups excluding carboxylic acids is 1. The molecule has 0 unspecified atom stereocenters. The average molecular weight is 533 g/mol. The van der Waals surface area contributed by atoms with Crippen molar-refractivity contribution in [2.75, 3.05) is 18.2 Å². The first-order chi connectivity index (χ1) is 17.2. The summed E-state index contributed by atoms with van der Waals surface area (Å²) >= 11 is 2.70. The van der Waals surface area contributed by atoms with Crippen LogP contribution in [0.15, 0.2) is 65.7 Å². The number of nitrogens with zero attached hydrogens (tertiary/aromatic N) is 3. The Hall–Kier alpha value is -3.64. The van der Waals surface area contributed by atoms with Crippen molar-refractivity contribution in [1.82, 2.24) is 15.2 Å². The monoisotopic (exact) mass is 532 g/mol. The minimum Gasteiger partial charge on any atom is -0.497 e. The number of thioether (sulfide) groups is 1. The molecule has 0 aliphatic rings. The Balaban J connectivity index is 1.33. The highest BCUT2D eigenvalue weighted by Gasteiger charge is 2.31. The Morgan fingerprint density at radius 1 is 1.00 bits per heavy atom. The van der Waals surface area contributed by atoms with E-state index in [9.17, 15) is 18.0 Å². The third kappa shape index (κ3) is 6.73. The number of rotatable bonds is 8. The van der Waals surface area contributed by atoms with Crippen molar-refractivity contribution in [3.05, 3.63) is 66.4 Å². The van der Waals surface area contributed by atoms with Gasteiger partial charge in [0.15, 0.2) is 0 Å². The minimum absolute atomic E-state index is 0.0516. The van der Waals surface area contributed by atoms with Crippen LogP contribution in [0.3, 0.4) is 0 Å². The molecule has 0 saturated carbocycles. The molecule has 2 heterocycles. The molecule has 0 saturated heterocycles. The van der Waals surface area contributed by atoms with Crippen LogP contribution in [0.5, 0.6) is 11.5 Å². The molecule has 2 aromatic carbocycles. The Morgan fingerprint density at radius 3 is 2.31 bits per heavy atom. The molecule has 1 N–H and O–H groups in total. The average Bonchev–Trinajstić information content (AvgIpc) is 3.25. The summed E-state index contributed by atoms with van der Waals surface area (Å²) < 4.78 is 45.7. The van der Waals surface area contributed by atoms with Gasteiger partial charge >= 0.3 is 6.36 Å². The second kappa shape index (κ2) is 11.0. The van der Waals surface area contributed by atoms with Gasteiger partial charge in [-0.1, -0.05) is 11.8 Å². The van der Waals surface area contributed by atoms with Crippen LogP contribution in [0.2, 0.25) is 0 Å². The first-order valence-electron chi connectivity index (χ1n) is 10.4. The molecule has 7 nitrogen and oxygen atoms in total. The number of aryl methyl sites for hydroxylation is 1. The summed E-state index contributed by atoms with van der Waals surface area (Å²) in [4.78, 5) is 17.8. The van der Waals surface area contributed by atoms with E-state index in [0.717, 1.165) is 39.0 Å². The summed E-state index contributed by atoms with van der Waals surface area (Å²) in [6, 6.07) is 16.2. The van der Waals surface area contributed by atoms with Gasteiger partial charge in [0.1, 0.15) is 27.2 Å². The molecule has 0 aliphatic heterocycles. The second-order valence-corrected chi connectivity index (χ2v) is 9.32. The fraction of sp³-hybridized carbons (Fsp3) is 0.167. The summed E-state index contributed by atoms with van der Waals surface area (Å²) in [5.41, 5.74) is 2.85. The third-order valence-electron chi connectivity index (χ3n) is 4.73. The van der Waals surface area contributed by atoms with Gasteiger partial charge in [-0.15, -0.1) is 34.7 Å². The zero-order valence-electron chi connectivity index (χ0n) is 19.0. The fourth-order valence-corrected chi connectivity index (χ4v) is 4.74. The summed E-state index contributed by atoms with van der Waals surface area (Å²) in [6.45, 7) is 1.91. The number of amides is 1. The molecule has 4 aromatic rings. The Morgan fingerprint density at radius 2 is 1.69 bits per heavy atom. The summed E-state index contributed by atoms with van der Waals surface area (Å²) in [5, 5.41) is 12.5. The van der Waals surface area contributed by atoms with E-state index in [1.165, 1.54) is 35.2 Å². The van der Waals surface area contributed by atoms with Gasteiger partial charge in [-0.25, -0.2) is 4.98 Å². The molecule has 0 aliphatic carbocycles. The molecule has 0 bridgehead atoms. The van der Waals surface area contributed by atoms with E-state index in [1.807, 2.05) is 37.3 Å². The van der Waals surface area contributed by atoms with E-state index in [4.69, 9.17) is 4.74 Å². The minimum atomic E-state index is -4.77. The Kier molecular flexibility index (Phi) is 7.75. The van der Waals surface area contributed by atoms with E-state index in [-0.39, 0.29) is 17.4 Å². The molecule has 2 aromatic heterocycles. The maximum absolute atomic E-state index is 12.2. The number of alkyl halides is 3. The standard InChI is InChI=1S/C24H19F3N4O3S2/c1-14-22(36-23(28-14)15-3-7-17(33-2)8-4-15)19-11-12-21(31-30-19)35-13-20(32)29-16-5-9-18(10-6-16)34-24(25,26)27/h3-12H,13H2,1-2H3,(H,29,32). The topological polar surface area (TPSA) is 86.2 Å². The van der Waals surface area contributed by atoms with Gasteiger partial charge in [0, 0.05) is 11.3 Å². The van der Waals surface area contributed by atoms with Gasteiger partial charge < -0.3 is 14.8 Å². The van der Waals surface area contributed by atoms with E-state index >= 15 is 0 Å². The molecule has 4 rings (SSSR count). The summed E-state index contributed by atoms with van der Waals surface area (Å²) in [6.07, 6.45) is -4.77. The highest BCUT2D eigenvalue weighted by Crippen LogP contribution is 2.35. The second-order valence-electron chi connectivity index (χ2n) is 7.33. The molecule has 0 spiro atoms. The van der Waals surface area contributed by atoms with Crippen molar-refractivity contribution in [3.63, 3.8) is 0 Å². The third-order valence-corrected chi connectivity index (χ3v) is 6.88. The van der Waals surface area contributed by atoms with Crippen LogP contribution in [-0.2, 0) is 4.79 Å². The normalized spacial score (nSPS) is 11.2. The van der Waals surface area contributed by atoms with Crippen LogP contribution >= 0.6 is 23.1 Å². The van der Waals surface area contributed by atoms with Crippen LogP contribution in [0, 0.1) is 6.92 Å². The van der Waals surface area contributed by atoms with E-state index in [2.05, 4.69) is 25.2 Å². The lowest BCUT2D eigenvalue weighted by atomic mass is 10.2. The highest BCUT2D eigenvalue weighted by atomic mass is 32.2. The number of halogens is 3. The summed E-state index contributed by atoms with van der Waals surface area (Å²) in [5.74, 6) is 0.124. The Labute approximate surface area is 212 Å². The number of hydrogen-bond acceptors (Lipinski definition) is 8. The maximum atomic E-state index is 12.2. The van der Waals surface area contributed by atoms with Gasteiger partial charge in [0.25, 0.3) is 0 Å². The fourth-order valence-electron chi connectivity index (χ4n) is 3.09. The van der Waals surface area contributed by atoms with E-state index in [0.29, 0.717) is 16.4 Å². The molecule has 1 amide bonds. The smallest absolute Gasteiger partial charge is 0.497 e. The van der Waals surface area contributed by atoms with Gasteiger partial charge in [-0.05, 0) is 67.6 Å². The number of thiazole rings is 1. The predicted molar refractivity (Wildman–Crippen MR) is 132 cm³/mol. The quantitative estimate of drug-likeness (QED) is 0.270. The van der Waals surface area contributed by atoms with Crippen LogP contribution < -0.4 is 14.8 Å². The summed E-state index contributed by atoms with van der Waals surface area (Å²) in [7, 11) is 1.62. The van der Waals surface area contributed by atoms with Crippen molar-refractivity contribution < 1.29 is 27.4 Å². The van der Waals surface area contributed by atoms with Crippen LogP contribution in [0.4, 0.5) is 18.9 Å².